The monoisotopic (exact) mass is 301 g/mol. The van der Waals surface area contributed by atoms with E-state index in [0.717, 1.165) is 66.6 Å². The Hall–Kier alpha value is -2.01. The lowest BCUT2D eigenvalue weighted by molar-refractivity contribution is 0.0699. The minimum Gasteiger partial charge on any atom is -0.397 e. The topological polar surface area (TPSA) is 73.3 Å². The number of nitrogens with two attached hydrogens (primary N) is 1. The van der Waals surface area contributed by atoms with E-state index in [1.807, 2.05) is 26.0 Å². The van der Waals surface area contributed by atoms with E-state index in [2.05, 4.69) is 16.5 Å². The van der Waals surface area contributed by atoms with Crippen molar-refractivity contribution in [3.63, 3.8) is 0 Å². The second-order valence-corrected chi connectivity index (χ2v) is 5.94. The second kappa shape index (κ2) is 6.40. The third-order valence-corrected chi connectivity index (χ3v) is 4.30. The maximum Gasteiger partial charge on any atom is 0.141 e. The molecule has 3 rings (SSSR count). The average molecular weight is 301 g/mol. The molecule has 1 aromatic carbocycles. The number of rotatable bonds is 4. The average Bonchev–Trinajstić information content (AvgIpc) is 2.86. The highest BCUT2D eigenvalue weighted by molar-refractivity contribution is 5.77. The van der Waals surface area contributed by atoms with Crippen molar-refractivity contribution >= 4 is 11.4 Å². The Labute approximate surface area is 130 Å². The second-order valence-electron chi connectivity index (χ2n) is 5.94. The number of hydrogen-bond donors (Lipinski definition) is 2. The lowest BCUT2D eigenvalue weighted by Gasteiger charge is -2.23. The first kappa shape index (κ1) is 14.9. The maximum atomic E-state index is 6.21. The first-order valence-electron chi connectivity index (χ1n) is 7.79. The van der Waals surface area contributed by atoms with E-state index in [0.29, 0.717) is 5.92 Å². The SMILES string of the molecule is Cc1noc(C)c1-c1ccc(NCC2CCOCC2)c(N)c1. The van der Waals surface area contributed by atoms with Crippen molar-refractivity contribution in [3.05, 3.63) is 29.7 Å². The summed E-state index contributed by atoms with van der Waals surface area (Å²) in [5.41, 5.74) is 10.9. The van der Waals surface area contributed by atoms with Gasteiger partial charge in [-0.3, -0.25) is 0 Å². The largest absolute Gasteiger partial charge is 0.397 e. The van der Waals surface area contributed by atoms with Crippen LogP contribution in [0.15, 0.2) is 22.7 Å². The summed E-state index contributed by atoms with van der Waals surface area (Å²) < 4.78 is 10.6. The zero-order valence-corrected chi connectivity index (χ0v) is 13.2. The van der Waals surface area contributed by atoms with Crippen LogP contribution in [0.25, 0.3) is 11.1 Å². The molecule has 1 fully saturated rings. The molecule has 3 N–H and O–H groups in total. The van der Waals surface area contributed by atoms with E-state index in [4.69, 9.17) is 15.0 Å². The number of hydrogen-bond acceptors (Lipinski definition) is 5. The third-order valence-electron chi connectivity index (χ3n) is 4.30. The molecule has 0 saturated carbocycles. The van der Waals surface area contributed by atoms with Crippen LogP contribution in [0.1, 0.15) is 24.3 Å². The van der Waals surface area contributed by atoms with Crippen LogP contribution in [0, 0.1) is 19.8 Å². The molecule has 0 bridgehead atoms. The molecule has 1 aliphatic heterocycles. The molecule has 5 heteroatoms. The highest BCUT2D eigenvalue weighted by atomic mass is 16.5. The molecule has 5 nitrogen and oxygen atoms in total. The molecule has 1 saturated heterocycles. The summed E-state index contributed by atoms with van der Waals surface area (Å²) in [5, 5.41) is 7.46. The standard InChI is InChI=1S/C17H23N3O2/c1-11-17(12(2)22-20-11)14-3-4-16(15(18)9-14)19-10-13-5-7-21-8-6-13/h3-4,9,13,19H,5-8,10,18H2,1-2H3. The number of ether oxygens (including phenoxy) is 1. The van der Waals surface area contributed by atoms with Crippen molar-refractivity contribution in [2.45, 2.75) is 26.7 Å². The Morgan fingerprint density at radius 1 is 1.27 bits per heavy atom. The van der Waals surface area contributed by atoms with E-state index >= 15 is 0 Å². The molecule has 118 valence electrons. The van der Waals surface area contributed by atoms with Crippen LogP contribution < -0.4 is 11.1 Å². The fraction of sp³-hybridized carbons (Fsp3) is 0.471. The Balaban J connectivity index is 1.72. The van der Waals surface area contributed by atoms with Crippen molar-refractivity contribution in [2.24, 2.45) is 5.92 Å². The smallest absolute Gasteiger partial charge is 0.141 e. The zero-order chi connectivity index (χ0) is 15.5. The van der Waals surface area contributed by atoms with Gasteiger partial charge in [-0.05, 0) is 50.3 Å². The van der Waals surface area contributed by atoms with Crippen molar-refractivity contribution in [1.29, 1.82) is 0 Å². The van der Waals surface area contributed by atoms with E-state index in [1.165, 1.54) is 0 Å². The lowest BCUT2D eigenvalue weighted by atomic mass is 10.00. The molecular weight excluding hydrogens is 278 g/mol. The first-order chi connectivity index (χ1) is 10.6. The summed E-state index contributed by atoms with van der Waals surface area (Å²) in [7, 11) is 0. The highest BCUT2D eigenvalue weighted by Crippen LogP contribution is 2.31. The van der Waals surface area contributed by atoms with Crippen LogP contribution in [0.2, 0.25) is 0 Å². The quantitative estimate of drug-likeness (QED) is 0.847. The van der Waals surface area contributed by atoms with Gasteiger partial charge in [-0.25, -0.2) is 0 Å². The minimum absolute atomic E-state index is 0.662. The number of benzene rings is 1. The van der Waals surface area contributed by atoms with Gasteiger partial charge >= 0.3 is 0 Å². The summed E-state index contributed by atoms with van der Waals surface area (Å²) >= 11 is 0. The van der Waals surface area contributed by atoms with Crippen LogP contribution >= 0.6 is 0 Å². The van der Waals surface area contributed by atoms with Crippen molar-refractivity contribution in [1.82, 2.24) is 5.16 Å². The van der Waals surface area contributed by atoms with Gasteiger partial charge in [-0.2, -0.15) is 0 Å². The first-order valence-corrected chi connectivity index (χ1v) is 7.79. The molecule has 0 atom stereocenters. The van der Waals surface area contributed by atoms with Gasteiger partial charge < -0.3 is 20.3 Å². The van der Waals surface area contributed by atoms with Crippen LogP contribution in [0.3, 0.4) is 0 Å². The third kappa shape index (κ3) is 3.09. The lowest BCUT2D eigenvalue weighted by Crippen LogP contribution is -2.22. The van der Waals surface area contributed by atoms with E-state index < -0.39 is 0 Å². The van der Waals surface area contributed by atoms with Gasteiger partial charge in [0.15, 0.2) is 0 Å². The molecule has 1 aromatic heterocycles. The maximum absolute atomic E-state index is 6.21. The molecule has 0 unspecified atom stereocenters. The fourth-order valence-electron chi connectivity index (χ4n) is 2.98. The summed E-state index contributed by atoms with van der Waals surface area (Å²) in [5.74, 6) is 1.48. The Bertz CT molecular complexity index is 626. The molecule has 0 aliphatic carbocycles. The number of aryl methyl sites for hydroxylation is 2. The summed E-state index contributed by atoms with van der Waals surface area (Å²) in [6.45, 7) is 6.54. The van der Waals surface area contributed by atoms with Crippen LogP contribution in [0.4, 0.5) is 11.4 Å². The van der Waals surface area contributed by atoms with Gasteiger partial charge in [0.25, 0.3) is 0 Å². The van der Waals surface area contributed by atoms with Gasteiger partial charge in [0.2, 0.25) is 0 Å². The number of aromatic nitrogens is 1. The molecule has 2 aromatic rings. The normalized spacial score (nSPS) is 15.9. The Kier molecular flexibility index (Phi) is 4.34. The van der Waals surface area contributed by atoms with Crippen LogP contribution in [-0.4, -0.2) is 24.9 Å². The number of nitrogens with zero attached hydrogens (tertiary/aromatic N) is 1. The summed E-state index contributed by atoms with van der Waals surface area (Å²) in [6.07, 6.45) is 2.23. The van der Waals surface area contributed by atoms with E-state index in [1.54, 1.807) is 0 Å². The van der Waals surface area contributed by atoms with Gasteiger partial charge in [-0.15, -0.1) is 0 Å². The molecule has 0 amide bonds. The Morgan fingerprint density at radius 3 is 2.68 bits per heavy atom. The predicted octanol–water partition coefficient (Wildman–Crippen LogP) is 3.38. The number of nitrogen functional groups attached to an aromatic ring is 1. The van der Waals surface area contributed by atoms with Crippen molar-refractivity contribution in [2.75, 3.05) is 30.8 Å². The van der Waals surface area contributed by atoms with Crippen LogP contribution in [-0.2, 0) is 4.74 Å². The fourth-order valence-corrected chi connectivity index (χ4v) is 2.98. The van der Waals surface area contributed by atoms with Crippen molar-refractivity contribution in [3.8, 4) is 11.1 Å². The predicted molar refractivity (Wildman–Crippen MR) is 87.9 cm³/mol. The van der Waals surface area contributed by atoms with Crippen molar-refractivity contribution < 1.29 is 9.26 Å². The molecule has 0 spiro atoms. The highest BCUT2D eigenvalue weighted by Gasteiger charge is 2.15. The minimum atomic E-state index is 0.662. The number of anilines is 2. The molecule has 2 heterocycles. The van der Waals surface area contributed by atoms with Gasteiger partial charge in [0.05, 0.1) is 17.1 Å². The van der Waals surface area contributed by atoms with Gasteiger partial charge in [-0.1, -0.05) is 11.2 Å². The Morgan fingerprint density at radius 2 is 2.05 bits per heavy atom. The zero-order valence-electron chi connectivity index (χ0n) is 13.2. The molecule has 0 radical (unpaired) electrons. The van der Waals surface area contributed by atoms with E-state index in [9.17, 15) is 0 Å². The number of nitrogens with one attached hydrogen (secondary N) is 1. The summed E-state index contributed by atoms with van der Waals surface area (Å²) in [6, 6.07) is 6.09. The molecular formula is C17H23N3O2. The molecule has 1 aliphatic rings. The van der Waals surface area contributed by atoms with Gasteiger partial charge in [0.1, 0.15) is 5.76 Å². The van der Waals surface area contributed by atoms with Gasteiger partial charge in [0, 0.05) is 25.3 Å². The molecule has 22 heavy (non-hydrogen) atoms. The van der Waals surface area contributed by atoms with Crippen LogP contribution in [0.5, 0.6) is 0 Å². The summed E-state index contributed by atoms with van der Waals surface area (Å²) in [4.78, 5) is 0. The van der Waals surface area contributed by atoms with E-state index in [-0.39, 0.29) is 0 Å².